The molecule has 4 aromatic rings. The van der Waals surface area contributed by atoms with Gasteiger partial charge in [-0.1, -0.05) is 61.5 Å². The van der Waals surface area contributed by atoms with E-state index in [2.05, 4.69) is 53.2 Å². The number of likely N-dealkylation sites (tertiary alicyclic amines) is 1. The first-order chi connectivity index (χ1) is 18.2. The van der Waals surface area contributed by atoms with Crippen LogP contribution in [0.3, 0.4) is 0 Å². The van der Waals surface area contributed by atoms with Gasteiger partial charge in [0, 0.05) is 24.1 Å². The first-order valence-corrected chi connectivity index (χ1v) is 13.4. The van der Waals surface area contributed by atoms with E-state index in [1.807, 2.05) is 18.2 Å². The summed E-state index contributed by atoms with van der Waals surface area (Å²) in [6.45, 7) is 5.18. The maximum absolute atomic E-state index is 11.5. The van der Waals surface area contributed by atoms with Gasteiger partial charge in [0.15, 0.2) is 0 Å². The highest BCUT2D eigenvalue weighted by Crippen LogP contribution is 2.42. The third-order valence-electron chi connectivity index (χ3n) is 7.42. The fourth-order valence-corrected chi connectivity index (χ4v) is 5.47. The monoisotopic (exact) mass is 497 g/mol. The van der Waals surface area contributed by atoms with E-state index in [-0.39, 0.29) is 5.97 Å². The highest BCUT2D eigenvalue weighted by atomic mass is 16.5. The predicted molar refractivity (Wildman–Crippen MR) is 146 cm³/mol. The average Bonchev–Trinajstić information content (AvgIpc) is 3.34. The molecule has 1 fully saturated rings. The smallest absolute Gasteiger partial charge is 0.305 e. The van der Waals surface area contributed by atoms with Crippen LogP contribution in [0, 0.1) is 5.92 Å². The summed E-state index contributed by atoms with van der Waals surface area (Å²) in [6, 6.07) is 19.0. The van der Waals surface area contributed by atoms with Gasteiger partial charge in [0.25, 0.3) is 0 Å². The van der Waals surface area contributed by atoms with E-state index < -0.39 is 0 Å². The summed E-state index contributed by atoms with van der Waals surface area (Å²) in [5, 5.41) is 1.02. The number of hydrogen-bond acceptors (Lipinski definition) is 6. The molecule has 1 saturated heterocycles. The van der Waals surface area contributed by atoms with Crippen LogP contribution in [-0.2, 0) is 22.4 Å². The van der Waals surface area contributed by atoms with Crippen LogP contribution in [-0.4, -0.2) is 47.6 Å². The maximum Gasteiger partial charge on any atom is 0.305 e. The number of piperidine rings is 1. The zero-order valence-corrected chi connectivity index (χ0v) is 21.8. The first-order valence-electron chi connectivity index (χ1n) is 13.4. The van der Waals surface area contributed by atoms with Crippen LogP contribution in [0.2, 0.25) is 0 Å². The minimum atomic E-state index is -0.134. The lowest BCUT2D eigenvalue weighted by atomic mass is 9.90. The molecule has 0 unspecified atom stereocenters. The quantitative estimate of drug-likeness (QED) is 0.252. The third kappa shape index (κ3) is 5.75. The van der Waals surface area contributed by atoms with Crippen molar-refractivity contribution in [2.45, 2.75) is 45.4 Å². The molecular weight excluding hydrogens is 462 g/mol. The van der Waals surface area contributed by atoms with Crippen LogP contribution >= 0.6 is 0 Å². The van der Waals surface area contributed by atoms with Crippen molar-refractivity contribution in [3.05, 3.63) is 72.2 Å². The highest BCUT2D eigenvalue weighted by molar-refractivity contribution is 6.01. The molecule has 1 atom stereocenters. The number of fused-ring (bicyclic) bond motifs is 1. The Balaban J connectivity index is 1.47. The Bertz CT molecular complexity index is 1330. The van der Waals surface area contributed by atoms with Crippen molar-refractivity contribution in [1.29, 1.82) is 0 Å². The van der Waals surface area contributed by atoms with Crippen molar-refractivity contribution in [3.63, 3.8) is 0 Å². The maximum atomic E-state index is 11.5. The van der Waals surface area contributed by atoms with Gasteiger partial charge in [0.1, 0.15) is 12.1 Å². The van der Waals surface area contributed by atoms with Crippen LogP contribution in [0.4, 0.5) is 0 Å². The van der Waals surface area contributed by atoms with E-state index in [0.29, 0.717) is 18.1 Å². The summed E-state index contributed by atoms with van der Waals surface area (Å²) in [7, 11) is 1.45. The zero-order chi connectivity index (χ0) is 25.6. The summed E-state index contributed by atoms with van der Waals surface area (Å²) in [6.07, 6.45) is 7.15. The number of rotatable bonds is 9. The van der Waals surface area contributed by atoms with Gasteiger partial charge in [0.05, 0.1) is 18.2 Å². The SMILES string of the molecule is CCc1ccc(-c2c(-c3ccccc3)oc3ncnc(C[C@H]4CCCN(CCCC(=O)OC)C4)c23)cc1. The fourth-order valence-electron chi connectivity index (χ4n) is 5.47. The van der Waals surface area contributed by atoms with Crippen molar-refractivity contribution in [3.8, 4) is 22.5 Å². The van der Waals surface area contributed by atoms with Crippen LogP contribution in [0.1, 0.15) is 43.9 Å². The van der Waals surface area contributed by atoms with E-state index >= 15 is 0 Å². The second-order valence-corrected chi connectivity index (χ2v) is 9.92. The Hall–Kier alpha value is -3.51. The zero-order valence-electron chi connectivity index (χ0n) is 21.8. The number of nitrogens with zero attached hydrogens (tertiary/aromatic N) is 3. The molecule has 192 valence electrons. The van der Waals surface area contributed by atoms with Crippen LogP contribution in [0.25, 0.3) is 33.6 Å². The lowest BCUT2D eigenvalue weighted by Crippen LogP contribution is -2.37. The number of methoxy groups -OCH3 is 1. The Labute approximate surface area is 218 Å². The molecule has 0 saturated carbocycles. The number of aromatic nitrogens is 2. The van der Waals surface area contributed by atoms with E-state index in [1.54, 1.807) is 6.33 Å². The molecule has 1 aliphatic rings. The standard InChI is InChI=1S/C31H35N3O3/c1-3-22-13-15-24(16-14-22)28-29-26(19-23-9-7-17-34(20-23)18-8-12-27(35)36-2)32-21-33-31(29)37-30(28)25-10-5-4-6-11-25/h4-6,10-11,13-16,21,23H,3,7-9,12,17-20H2,1-2H3/t23-/m1/s1. The van der Waals surface area contributed by atoms with Crippen molar-refractivity contribution < 1.29 is 13.9 Å². The number of ether oxygens (including phenoxy) is 1. The number of furan rings is 1. The lowest BCUT2D eigenvalue weighted by Gasteiger charge is -2.32. The topological polar surface area (TPSA) is 68.5 Å². The minimum absolute atomic E-state index is 0.134. The summed E-state index contributed by atoms with van der Waals surface area (Å²) in [4.78, 5) is 23.3. The van der Waals surface area contributed by atoms with E-state index in [0.717, 1.165) is 78.8 Å². The molecule has 3 heterocycles. The van der Waals surface area contributed by atoms with Gasteiger partial charge in [-0.05, 0) is 62.2 Å². The number of benzene rings is 2. The van der Waals surface area contributed by atoms with Gasteiger partial charge >= 0.3 is 5.97 Å². The van der Waals surface area contributed by atoms with Gasteiger partial charge < -0.3 is 14.1 Å². The van der Waals surface area contributed by atoms with Crippen molar-refractivity contribution in [2.24, 2.45) is 5.92 Å². The number of esters is 1. The van der Waals surface area contributed by atoms with E-state index in [4.69, 9.17) is 14.1 Å². The van der Waals surface area contributed by atoms with Gasteiger partial charge in [-0.15, -0.1) is 0 Å². The molecule has 2 aromatic heterocycles. The Morgan fingerprint density at radius 3 is 2.65 bits per heavy atom. The molecule has 0 radical (unpaired) electrons. The fraction of sp³-hybridized carbons (Fsp3) is 0.387. The van der Waals surface area contributed by atoms with Crippen LogP contribution in [0.5, 0.6) is 0 Å². The summed E-state index contributed by atoms with van der Waals surface area (Å²) < 4.78 is 11.2. The predicted octanol–water partition coefficient (Wildman–Crippen LogP) is 6.33. The van der Waals surface area contributed by atoms with Crippen molar-refractivity contribution >= 4 is 17.1 Å². The van der Waals surface area contributed by atoms with Crippen LogP contribution < -0.4 is 0 Å². The second-order valence-electron chi connectivity index (χ2n) is 9.92. The van der Waals surface area contributed by atoms with Gasteiger partial charge in [-0.2, -0.15) is 0 Å². The molecular formula is C31H35N3O3. The molecule has 37 heavy (non-hydrogen) atoms. The number of aryl methyl sites for hydroxylation is 1. The van der Waals surface area contributed by atoms with Crippen molar-refractivity contribution in [1.82, 2.24) is 14.9 Å². The number of hydrogen-bond donors (Lipinski definition) is 0. The lowest BCUT2D eigenvalue weighted by molar-refractivity contribution is -0.140. The Kier molecular flexibility index (Phi) is 7.95. The minimum Gasteiger partial charge on any atom is -0.469 e. The van der Waals surface area contributed by atoms with Gasteiger partial charge in [0.2, 0.25) is 5.71 Å². The third-order valence-corrected chi connectivity index (χ3v) is 7.42. The first kappa shape index (κ1) is 25.2. The Morgan fingerprint density at radius 1 is 1.08 bits per heavy atom. The normalized spacial score (nSPS) is 16.2. The molecule has 0 bridgehead atoms. The van der Waals surface area contributed by atoms with Crippen LogP contribution in [0.15, 0.2) is 65.3 Å². The molecule has 0 spiro atoms. The Morgan fingerprint density at radius 2 is 1.89 bits per heavy atom. The van der Waals surface area contributed by atoms with E-state index in [9.17, 15) is 4.79 Å². The molecule has 2 aromatic carbocycles. The number of carbonyl (C=O) groups excluding carboxylic acids is 1. The molecule has 6 nitrogen and oxygen atoms in total. The number of carbonyl (C=O) groups is 1. The highest BCUT2D eigenvalue weighted by Gasteiger charge is 2.26. The van der Waals surface area contributed by atoms with Gasteiger partial charge in [-0.3, -0.25) is 4.79 Å². The van der Waals surface area contributed by atoms with E-state index in [1.165, 1.54) is 19.1 Å². The molecule has 1 aliphatic heterocycles. The average molecular weight is 498 g/mol. The second kappa shape index (κ2) is 11.7. The van der Waals surface area contributed by atoms with Crippen molar-refractivity contribution in [2.75, 3.05) is 26.7 Å². The summed E-state index contributed by atoms with van der Waals surface area (Å²) >= 11 is 0. The molecule has 5 rings (SSSR count). The largest absolute Gasteiger partial charge is 0.469 e. The van der Waals surface area contributed by atoms with Gasteiger partial charge in [-0.25, -0.2) is 9.97 Å². The molecule has 0 aliphatic carbocycles. The molecule has 6 heteroatoms. The summed E-state index contributed by atoms with van der Waals surface area (Å²) in [5.41, 5.74) is 6.24. The molecule has 0 amide bonds. The summed E-state index contributed by atoms with van der Waals surface area (Å²) in [5.74, 6) is 1.20. The molecule has 0 N–H and O–H groups in total.